The molecule has 0 aliphatic carbocycles. The Morgan fingerprint density at radius 3 is 1.87 bits per heavy atom. The van der Waals surface area contributed by atoms with Crippen LogP contribution < -0.4 is 10.2 Å². The number of hydrogen-bond acceptors (Lipinski definition) is 6. The van der Waals surface area contributed by atoms with Crippen LogP contribution in [0.1, 0.15) is 47.8 Å². The normalized spacial score (nSPS) is 12.1. The van der Waals surface area contributed by atoms with Crippen molar-refractivity contribution < 1.29 is 50.9 Å². The number of imidazole rings is 1. The van der Waals surface area contributed by atoms with E-state index in [1.807, 2.05) is 36.4 Å². The van der Waals surface area contributed by atoms with Crippen LogP contribution in [0.5, 0.6) is 0 Å². The van der Waals surface area contributed by atoms with Gasteiger partial charge < -0.3 is 20.4 Å². The number of aromatic nitrogens is 3. The Balaban J connectivity index is 0.000000426. The number of benzene rings is 2. The minimum Gasteiger partial charge on any atom is -0.483 e. The van der Waals surface area contributed by atoms with Gasteiger partial charge in [0, 0.05) is 18.7 Å². The van der Waals surface area contributed by atoms with E-state index in [1.165, 1.54) is 16.7 Å². The third-order valence-corrected chi connectivity index (χ3v) is 5.97. The molecule has 2 aromatic carbocycles. The van der Waals surface area contributed by atoms with Crippen molar-refractivity contribution in [1.82, 2.24) is 14.6 Å². The number of carboxylic acid groups (broad SMARTS) is 2. The molecule has 4 aromatic rings. The maximum atomic E-state index is 12.7. The minimum atomic E-state index is -5.08. The van der Waals surface area contributed by atoms with Crippen LogP contribution in [-0.4, -0.2) is 56.0 Å². The van der Waals surface area contributed by atoms with Crippen LogP contribution in [0.15, 0.2) is 66.9 Å². The summed E-state index contributed by atoms with van der Waals surface area (Å²) >= 11 is 0. The molecule has 2 aromatic heterocycles. The highest BCUT2D eigenvalue weighted by Gasteiger charge is 2.38. The molecular formula is C29H29F6N5O5. The van der Waals surface area contributed by atoms with Gasteiger partial charge in [0.1, 0.15) is 5.82 Å². The van der Waals surface area contributed by atoms with Gasteiger partial charge in [-0.05, 0) is 46.4 Å². The Labute approximate surface area is 252 Å². The van der Waals surface area contributed by atoms with Crippen molar-refractivity contribution in [2.45, 2.75) is 52.1 Å². The number of carboxylic acids is 1. The molecule has 3 heterocycles. The highest BCUT2D eigenvalue weighted by atomic mass is 19.4. The molecule has 242 valence electrons. The fourth-order valence-corrected chi connectivity index (χ4v) is 3.91. The zero-order valence-corrected chi connectivity index (χ0v) is 24.1. The van der Waals surface area contributed by atoms with Crippen LogP contribution in [0.3, 0.4) is 0 Å². The molecule has 16 heteroatoms. The molecule has 5 rings (SSSR count). The van der Waals surface area contributed by atoms with Gasteiger partial charge in [0.2, 0.25) is 0 Å². The van der Waals surface area contributed by atoms with Crippen molar-refractivity contribution in [1.29, 1.82) is 0 Å². The average molecular weight is 642 g/mol. The summed E-state index contributed by atoms with van der Waals surface area (Å²) in [4.78, 5) is 36.6. The fraction of sp³-hybridized carbons (Fsp3) is 0.276. The topological polar surface area (TPSA) is 137 Å². The number of nitrogens with one attached hydrogen (secondary N) is 1. The molecule has 0 atom stereocenters. The number of carbonyl (C=O) groups excluding carboxylic acids is 1. The van der Waals surface area contributed by atoms with E-state index < -0.39 is 18.8 Å². The second-order valence-electron chi connectivity index (χ2n) is 10.2. The van der Waals surface area contributed by atoms with Gasteiger partial charge in [-0.3, -0.25) is 9.59 Å². The van der Waals surface area contributed by atoms with Crippen LogP contribution in [-0.2, 0) is 28.1 Å². The number of nitrogens with zero attached hydrogens (tertiary/aromatic N) is 4. The van der Waals surface area contributed by atoms with Gasteiger partial charge in [-0.1, -0.05) is 57.2 Å². The Hall–Kier alpha value is -5.15. The van der Waals surface area contributed by atoms with Crippen molar-refractivity contribution in [2.75, 3.05) is 10.2 Å². The minimum absolute atomic E-state index is 0.0523. The average Bonchev–Trinajstić information content (AvgIpc) is 3.56. The zero-order chi connectivity index (χ0) is 33.9. The first-order valence-electron chi connectivity index (χ1n) is 12.9. The van der Waals surface area contributed by atoms with E-state index in [2.05, 4.69) is 60.2 Å². The molecule has 10 nitrogen and oxygen atoms in total. The van der Waals surface area contributed by atoms with Crippen molar-refractivity contribution >= 4 is 35.6 Å². The third kappa shape index (κ3) is 11.1. The summed E-state index contributed by atoms with van der Waals surface area (Å²) in [6, 6.07) is 20.1. The maximum absolute atomic E-state index is 12.7. The molecule has 1 aliphatic heterocycles. The lowest BCUT2D eigenvalue weighted by molar-refractivity contribution is -0.192. The summed E-state index contributed by atoms with van der Waals surface area (Å²) in [6.07, 6.45) is -3.33. The Morgan fingerprint density at radius 1 is 0.933 bits per heavy atom. The molecule has 0 spiro atoms. The second-order valence-corrected chi connectivity index (χ2v) is 10.2. The molecule has 0 radical (unpaired) electrons. The highest BCUT2D eigenvalue weighted by Crippen LogP contribution is 2.27. The van der Waals surface area contributed by atoms with Crippen LogP contribution in [0.4, 0.5) is 38.0 Å². The van der Waals surface area contributed by atoms with E-state index in [1.54, 1.807) is 10.7 Å². The largest absolute Gasteiger partial charge is 0.490 e. The molecule has 0 saturated carbocycles. The lowest BCUT2D eigenvalue weighted by Crippen LogP contribution is -2.21. The first kappa shape index (κ1) is 36.0. The summed E-state index contributed by atoms with van der Waals surface area (Å²) < 4.78 is 62.5. The van der Waals surface area contributed by atoms with Crippen LogP contribution in [0.2, 0.25) is 0 Å². The number of aliphatic carboxylic acids is 1. The van der Waals surface area contributed by atoms with Gasteiger partial charge in [0.15, 0.2) is 11.5 Å². The monoisotopic (exact) mass is 641 g/mol. The Bertz CT molecular complexity index is 1560. The smallest absolute Gasteiger partial charge is 0.483 e. The van der Waals surface area contributed by atoms with Crippen molar-refractivity contribution in [3.63, 3.8) is 0 Å². The van der Waals surface area contributed by atoms with E-state index >= 15 is 0 Å². The summed E-state index contributed by atoms with van der Waals surface area (Å²) in [5.74, 6) is -1.57. The number of hydrogen-bond donors (Lipinski definition) is 3. The lowest BCUT2D eigenvalue weighted by atomic mass is 9.87. The Kier molecular flexibility index (Phi) is 12.4. The number of rotatable bonds is 3. The molecule has 1 aliphatic rings. The lowest BCUT2D eigenvalue weighted by Gasteiger charge is -2.18. The molecule has 3 N–H and O–H groups in total. The molecule has 1 amide bonds. The van der Waals surface area contributed by atoms with Crippen molar-refractivity contribution in [3.8, 4) is 0 Å². The molecule has 0 fully saturated rings. The molecule has 45 heavy (non-hydrogen) atoms. The molecular weight excluding hydrogens is 612 g/mol. The third-order valence-electron chi connectivity index (χ3n) is 5.97. The van der Waals surface area contributed by atoms with Crippen molar-refractivity contribution in [3.05, 3.63) is 89.1 Å². The van der Waals surface area contributed by atoms with E-state index in [-0.39, 0.29) is 17.8 Å². The summed E-state index contributed by atoms with van der Waals surface area (Å²) in [6.45, 7) is 4.23. The zero-order valence-electron chi connectivity index (χ0n) is 24.1. The van der Waals surface area contributed by atoms with Gasteiger partial charge in [-0.2, -0.15) is 26.3 Å². The molecule has 0 saturated heterocycles. The van der Waals surface area contributed by atoms with Crippen LogP contribution in [0.25, 0.3) is 5.65 Å². The number of fused-ring (bicyclic) bond motifs is 2. The first-order valence-corrected chi connectivity index (χ1v) is 12.9. The van der Waals surface area contributed by atoms with E-state index in [0.29, 0.717) is 17.0 Å². The van der Waals surface area contributed by atoms with E-state index in [4.69, 9.17) is 24.9 Å². The van der Waals surface area contributed by atoms with Crippen LogP contribution in [0, 0.1) is 0 Å². The highest BCUT2D eigenvalue weighted by molar-refractivity contribution is 6.03. The van der Waals surface area contributed by atoms with Crippen LogP contribution >= 0.6 is 0 Å². The summed E-state index contributed by atoms with van der Waals surface area (Å²) in [7, 11) is 0. The van der Waals surface area contributed by atoms with Gasteiger partial charge in [-0.15, -0.1) is 5.10 Å². The quantitative estimate of drug-likeness (QED) is 0.175. The Morgan fingerprint density at radius 2 is 1.42 bits per heavy atom. The molecule has 0 bridgehead atoms. The van der Waals surface area contributed by atoms with E-state index in [0.717, 1.165) is 18.9 Å². The number of amides is 1. The second kappa shape index (κ2) is 15.5. The standard InChI is InChI=1S/C25H25N5O.C2HF3O2.CHF3.CH2O2/c1-25(2,3)20-10-8-17(9-11-20)24(31)27-21-16-30-22(26-21)12-13-23(28-30)29-14-18-6-4-5-7-19(18)15-29;3-2(4,5)1(6)7;2-1(3)4;2-1-3/h4-13,16H,14-15H2,1-3H3,(H,27,31);(H,6,7);1H;1H,(H,2,3). The molecule has 0 unspecified atom stereocenters. The van der Waals surface area contributed by atoms with Gasteiger partial charge in [0.25, 0.3) is 12.4 Å². The number of halogens is 6. The predicted molar refractivity (Wildman–Crippen MR) is 152 cm³/mol. The summed E-state index contributed by atoms with van der Waals surface area (Å²) in [5, 5.41) is 21.6. The predicted octanol–water partition coefficient (Wildman–Crippen LogP) is 6.31. The van der Waals surface area contributed by atoms with E-state index in [9.17, 15) is 31.1 Å². The number of carbonyl (C=O) groups is 3. The van der Waals surface area contributed by atoms with Gasteiger partial charge in [0.05, 0.1) is 6.20 Å². The SMILES string of the molecule is CC(C)(C)c1ccc(C(=O)Nc2cn3nc(N4Cc5ccccc5C4)ccc3n2)cc1.FC(F)F.O=C(O)C(F)(F)F.O=CO. The first-order chi connectivity index (χ1) is 21.0. The van der Waals surface area contributed by atoms with Gasteiger partial charge >= 0.3 is 18.8 Å². The number of alkyl halides is 6. The fourth-order valence-electron chi connectivity index (χ4n) is 3.91. The summed E-state index contributed by atoms with van der Waals surface area (Å²) in [5.41, 5.74) is 5.21. The number of anilines is 2. The van der Waals surface area contributed by atoms with Crippen molar-refractivity contribution in [2.24, 2.45) is 0 Å². The maximum Gasteiger partial charge on any atom is 0.490 e. The van der Waals surface area contributed by atoms with Gasteiger partial charge in [-0.25, -0.2) is 14.3 Å².